The highest BCUT2D eigenvalue weighted by Gasteiger charge is 2.19. The van der Waals surface area contributed by atoms with Crippen molar-refractivity contribution in [2.45, 2.75) is 31.8 Å². The Hall–Kier alpha value is -2.17. The maximum absolute atomic E-state index is 11.9. The summed E-state index contributed by atoms with van der Waals surface area (Å²) >= 11 is 0. The summed E-state index contributed by atoms with van der Waals surface area (Å²) in [5.74, 6) is -0.234. The van der Waals surface area contributed by atoms with Crippen LogP contribution in [0.2, 0.25) is 0 Å². The Bertz CT molecular complexity index is 543. The van der Waals surface area contributed by atoms with E-state index in [1.807, 2.05) is 12.1 Å². The lowest BCUT2D eigenvalue weighted by Gasteiger charge is -2.11. The lowest BCUT2D eigenvalue weighted by molar-refractivity contribution is 0.0318. The van der Waals surface area contributed by atoms with Crippen molar-refractivity contribution in [2.24, 2.45) is 0 Å². The van der Waals surface area contributed by atoms with Crippen LogP contribution in [0.4, 0.5) is 0 Å². The number of carbonyl (C=O) groups is 1. The Morgan fingerprint density at radius 3 is 2.37 bits per heavy atom. The van der Waals surface area contributed by atoms with Gasteiger partial charge >= 0.3 is 5.97 Å². The quantitative estimate of drug-likeness (QED) is 0.792. The van der Waals surface area contributed by atoms with Crippen LogP contribution in [-0.4, -0.2) is 26.8 Å². The van der Waals surface area contributed by atoms with E-state index in [0.29, 0.717) is 5.56 Å². The van der Waals surface area contributed by atoms with Crippen molar-refractivity contribution in [3.05, 3.63) is 42.5 Å². The van der Waals surface area contributed by atoms with Gasteiger partial charge < -0.3 is 4.74 Å². The van der Waals surface area contributed by atoms with Crippen LogP contribution in [0, 0.1) is 0 Å². The molecule has 0 radical (unpaired) electrons. The molecule has 0 aliphatic heterocycles. The molecule has 0 N–H and O–H groups in total. The number of carbonyl (C=O) groups excluding carboxylic acids is 1. The van der Waals surface area contributed by atoms with Crippen molar-refractivity contribution in [1.82, 2.24) is 14.8 Å². The molecule has 0 spiro atoms. The number of esters is 1. The van der Waals surface area contributed by atoms with Crippen molar-refractivity contribution in [2.75, 3.05) is 0 Å². The Kier molecular flexibility index (Phi) is 3.27. The normalized spacial score (nSPS) is 15.6. The van der Waals surface area contributed by atoms with E-state index in [0.717, 1.165) is 31.4 Å². The fraction of sp³-hybridized carbons (Fsp3) is 0.357. The predicted molar refractivity (Wildman–Crippen MR) is 69.0 cm³/mol. The van der Waals surface area contributed by atoms with Gasteiger partial charge in [0.1, 0.15) is 18.8 Å². The number of hydrogen-bond donors (Lipinski definition) is 0. The summed E-state index contributed by atoms with van der Waals surface area (Å²) in [7, 11) is 0. The number of aromatic nitrogens is 3. The molecular weight excluding hydrogens is 242 g/mol. The molecule has 1 aromatic heterocycles. The van der Waals surface area contributed by atoms with Gasteiger partial charge in [-0.25, -0.2) is 4.79 Å². The molecule has 2 aromatic rings. The first-order valence-corrected chi connectivity index (χ1v) is 6.49. The SMILES string of the molecule is O=C(OC1CCCC1)c1ccc(-n2cnnc2)cc1. The van der Waals surface area contributed by atoms with Crippen LogP contribution >= 0.6 is 0 Å². The minimum absolute atomic E-state index is 0.102. The highest BCUT2D eigenvalue weighted by Crippen LogP contribution is 2.22. The summed E-state index contributed by atoms with van der Waals surface area (Å²) in [5, 5.41) is 7.49. The zero-order valence-electron chi connectivity index (χ0n) is 10.5. The van der Waals surface area contributed by atoms with Crippen molar-refractivity contribution < 1.29 is 9.53 Å². The Labute approximate surface area is 111 Å². The summed E-state index contributed by atoms with van der Waals surface area (Å²) in [6.45, 7) is 0. The number of rotatable bonds is 3. The maximum Gasteiger partial charge on any atom is 0.338 e. The smallest absolute Gasteiger partial charge is 0.338 e. The second-order valence-electron chi connectivity index (χ2n) is 4.73. The van der Waals surface area contributed by atoms with Crippen molar-refractivity contribution >= 4 is 5.97 Å². The molecule has 98 valence electrons. The maximum atomic E-state index is 11.9. The van der Waals surface area contributed by atoms with Crippen LogP contribution in [0.5, 0.6) is 0 Å². The molecule has 0 atom stereocenters. The molecule has 0 bridgehead atoms. The molecule has 5 heteroatoms. The Morgan fingerprint density at radius 1 is 1.11 bits per heavy atom. The molecule has 1 saturated carbocycles. The van der Waals surface area contributed by atoms with Crippen molar-refractivity contribution in [3.63, 3.8) is 0 Å². The van der Waals surface area contributed by atoms with E-state index in [4.69, 9.17) is 4.74 Å². The lowest BCUT2D eigenvalue weighted by Crippen LogP contribution is -2.14. The number of hydrogen-bond acceptors (Lipinski definition) is 4. The molecule has 0 amide bonds. The zero-order valence-corrected chi connectivity index (χ0v) is 10.5. The highest BCUT2D eigenvalue weighted by atomic mass is 16.5. The van der Waals surface area contributed by atoms with E-state index >= 15 is 0 Å². The molecule has 19 heavy (non-hydrogen) atoms. The fourth-order valence-corrected chi connectivity index (χ4v) is 2.33. The third-order valence-electron chi connectivity index (χ3n) is 3.40. The van der Waals surface area contributed by atoms with E-state index in [-0.39, 0.29) is 12.1 Å². The molecule has 1 fully saturated rings. The summed E-state index contributed by atoms with van der Waals surface area (Å²) in [4.78, 5) is 11.9. The molecule has 1 aromatic carbocycles. The minimum Gasteiger partial charge on any atom is -0.459 e. The van der Waals surface area contributed by atoms with Gasteiger partial charge in [0.2, 0.25) is 0 Å². The second-order valence-corrected chi connectivity index (χ2v) is 4.73. The van der Waals surface area contributed by atoms with Crippen LogP contribution in [0.15, 0.2) is 36.9 Å². The van der Waals surface area contributed by atoms with E-state index < -0.39 is 0 Å². The predicted octanol–water partition coefficient (Wildman–Crippen LogP) is 2.37. The number of ether oxygens (including phenoxy) is 1. The molecule has 1 heterocycles. The van der Waals surface area contributed by atoms with Crippen LogP contribution in [0.25, 0.3) is 5.69 Å². The van der Waals surface area contributed by atoms with Gasteiger partial charge in [0.25, 0.3) is 0 Å². The molecule has 5 nitrogen and oxygen atoms in total. The van der Waals surface area contributed by atoms with E-state index in [2.05, 4.69) is 10.2 Å². The molecule has 1 aliphatic rings. The van der Waals surface area contributed by atoms with Gasteiger partial charge in [-0.05, 0) is 49.9 Å². The monoisotopic (exact) mass is 257 g/mol. The first kappa shape index (κ1) is 11.9. The Morgan fingerprint density at radius 2 is 1.74 bits per heavy atom. The average Bonchev–Trinajstić information content (AvgIpc) is 3.12. The first-order chi connectivity index (χ1) is 9.33. The number of benzene rings is 1. The van der Waals surface area contributed by atoms with Crippen LogP contribution in [-0.2, 0) is 4.74 Å². The molecular formula is C14H15N3O2. The molecule has 1 aliphatic carbocycles. The van der Waals surface area contributed by atoms with Crippen molar-refractivity contribution in [1.29, 1.82) is 0 Å². The second kappa shape index (κ2) is 5.22. The topological polar surface area (TPSA) is 57.0 Å². The Balaban J connectivity index is 1.69. The molecule has 0 unspecified atom stereocenters. The number of nitrogens with zero attached hydrogens (tertiary/aromatic N) is 3. The minimum atomic E-state index is -0.234. The van der Waals surface area contributed by atoms with E-state index in [9.17, 15) is 4.79 Å². The van der Waals surface area contributed by atoms with Crippen LogP contribution in [0.3, 0.4) is 0 Å². The molecule has 0 saturated heterocycles. The standard InChI is InChI=1S/C14H15N3O2/c18-14(19-13-3-1-2-4-13)11-5-7-12(8-6-11)17-9-15-16-10-17/h5-10,13H,1-4H2. The van der Waals surface area contributed by atoms with Crippen LogP contribution < -0.4 is 0 Å². The largest absolute Gasteiger partial charge is 0.459 e. The zero-order chi connectivity index (χ0) is 13.1. The summed E-state index contributed by atoms with van der Waals surface area (Å²) in [6, 6.07) is 7.25. The van der Waals surface area contributed by atoms with E-state index in [1.165, 1.54) is 0 Å². The van der Waals surface area contributed by atoms with Crippen molar-refractivity contribution in [3.8, 4) is 5.69 Å². The van der Waals surface area contributed by atoms with Gasteiger partial charge in [0.05, 0.1) is 5.56 Å². The summed E-state index contributed by atoms with van der Waals surface area (Å²) < 4.78 is 7.24. The van der Waals surface area contributed by atoms with Gasteiger partial charge in [-0.3, -0.25) is 4.57 Å². The van der Waals surface area contributed by atoms with Gasteiger partial charge in [0, 0.05) is 5.69 Å². The lowest BCUT2D eigenvalue weighted by atomic mass is 10.2. The summed E-state index contributed by atoms with van der Waals surface area (Å²) in [6.07, 6.45) is 7.63. The van der Waals surface area contributed by atoms with Gasteiger partial charge in [-0.15, -0.1) is 10.2 Å². The van der Waals surface area contributed by atoms with Gasteiger partial charge in [-0.1, -0.05) is 0 Å². The highest BCUT2D eigenvalue weighted by molar-refractivity contribution is 5.89. The summed E-state index contributed by atoms with van der Waals surface area (Å²) in [5.41, 5.74) is 1.51. The fourth-order valence-electron chi connectivity index (χ4n) is 2.33. The van der Waals surface area contributed by atoms with Gasteiger partial charge in [-0.2, -0.15) is 0 Å². The third-order valence-corrected chi connectivity index (χ3v) is 3.40. The third kappa shape index (κ3) is 2.65. The average molecular weight is 257 g/mol. The van der Waals surface area contributed by atoms with E-state index in [1.54, 1.807) is 29.4 Å². The molecule has 3 rings (SSSR count). The first-order valence-electron chi connectivity index (χ1n) is 6.49. The van der Waals surface area contributed by atoms with Crippen LogP contribution in [0.1, 0.15) is 36.0 Å². The van der Waals surface area contributed by atoms with Gasteiger partial charge in [0.15, 0.2) is 0 Å².